The molecule has 2 atom stereocenters. The Hall–Kier alpha value is -2.83. The van der Waals surface area contributed by atoms with Crippen molar-refractivity contribution in [3.63, 3.8) is 0 Å². The van der Waals surface area contributed by atoms with E-state index in [-0.39, 0.29) is 11.9 Å². The van der Waals surface area contributed by atoms with Crippen molar-refractivity contribution in [1.29, 1.82) is 0 Å². The molecule has 33 heavy (non-hydrogen) atoms. The van der Waals surface area contributed by atoms with E-state index in [4.69, 9.17) is 15.2 Å². The van der Waals surface area contributed by atoms with Crippen molar-refractivity contribution in [2.45, 2.75) is 31.3 Å². The van der Waals surface area contributed by atoms with Crippen molar-refractivity contribution in [1.82, 2.24) is 4.90 Å². The molecular weight excluding hydrogens is 480 g/mol. The van der Waals surface area contributed by atoms with Crippen LogP contribution >= 0.6 is 15.9 Å². The van der Waals surface area contributed by atoms with E-state index in [1.165, 1.54) is 11.1 Å². The second-order valence-corrected chi connectivity index (χ2v) is 9.21. The van der Waals surface area contributed by atoms with Gasteiger partial charge in [-0.2, -0.15) is 0 Å². The Balaban J connectivity index is 1.76. The van der Waals surface area contributed by atoms with E-state index >= 15 is 0 Å². The molecule has 0 bridgehead atoms. The minimum absolute atomic E-state index is 0.00486. The number of carbonyl (C=O) groups excluding carboxylic acids is 1. The number of hydrogen-bond acceptors (Lipinski definition) is 4. The van der Waals surface area contributed by atoms with Gasteiger partial charge < -0.3 is 15.2 Å². The van der Waals surface area contributed by atoms with Crippen molar-refractivity contribution >= 4 is 21.8 Å². The second kappa shape index (κ2) is 10.4. The molecule has 1 heterocycles. The molecule has 1 aliphatic heterocycles. The number of primary amides is 1. The fraction of sp³-hybridized carbons (Fsp3) is 0.296. The van der Waals surface area contributed by atoms with Crippen molar-refractivity contribution in [2.75, 3.05) is 20.8 Å². The summed E-state index contributed by atoms with van der Waals surface area (Å²) in [4.78, 5) is 15.0. The van der Waals surface area contributed by atoms with Crippen LogP contribution in [0.4, 0.5) is 0 Å². The van der Waals surface area contributed by atoms with Crippen LogP contribution in [-0.2, 0) is 17.6 Å². The summed E-state index contributed by atoms with van der Waals surface area (Å²) in [6, 6.07) is 21.8. The van der Waals surface area contributed by atoms with Gasteiger partial charge in [0.25, 0.3) is 0 Å². The predicted octanol–water partition coefficient (Wildman–Crippen LogP) is 5.22. The molecule has 0 aliphatic carbocycles. The Kier molecular flexibility index (Phi) is 7.36. The van der Waals surface area contributed by atoms with Crippen LogP contribution in [0, 0.1) is 0 Å². The van der Waals surface area contributed by atoms with Crippen LogP contribution in [0.2, 0.25) is 0 Å². The Labute approximate surface area is 203 Å². The maximum atomic E-state index is 12.7. The summed E-state index contributed by atoms with van der Waals surface area (Å²) in [6.45, 7) is 0.730. The summed E-state index contributed by atoms with van der Waals surface area (Å²) in [5.41, 5.74) is 10.5. The zero-order chi connectivity index (χ0) is 23.4. The van der Waals surface area contributed by atoms with Gasteiger partial charge in [0.15, 0.2) is 11.5 Å². The molecule has 3 aromatic carbocycles. The lowest BCUT2D eigenvalue weighted by Gasteiger charge is -2.41. The predicted molar refractivity (Wildman–Crippen MR) is 134 cm³/mol. The van der Waals surface area contributed by atoms with Crippen LogP contribution in [0.25, 0.3) is 0 Å². The molecule has 0 fully saturated rings. The monoisotopic (exact) mass is 508 g/mol. The Morgan fingerprint density at radius 2 is 1.79 bits per heavy atom. The normalized spacial score (nSPS) is 16.6. The first-order chi connectivity index (χ1) is 16.0. The first-order valence-electron chi connectivity index (χ1n) is 11.1. The Morgan fingerprint density at radius 1 is 1.06 bits per heavy atom. The summed E-state index contributed by atoms with van der Waals surface area (Å²) >= 11 is 3.57. The summed E-state index contributed by atoms with van der Waals surface area (Å²) in [6.07, 6.45) is 2.52. The third kappa shape index (κ3) is 5.07. The van der Waals surface area contributed by atoms with Gasteiger partial charge in [-0.1, -0.05) is 58.4 Å². The van der Waals surface area contributed by atoms with Crippen LogP contribution < -0.4 is 15.2 Å². The molecule has 0 radical (unpaired) electrons. The minimum Gasteiger partial charge on any atom is -0.493 e. The number of nitrogens with two attached hydrogens (primary N) is 1. The van der Waals surface area contributed by atoms with E-state index in [9.17, 15) is 4.79 Å². The molecule has 0 saturated heterocycles. The van der Waals surface area contributed by atoms with Gasteiger partial charge in [0.2, 0.25) is 5.91 Å². The molecule has 4 rings (SSSR count). The number of fused-ring (bicyclic) bond motifs is 1. The largest absolute Gasteiger partial charge is 0.493 e. The first-order valence-corrected chi connectivity index (χ1v) is 11.9. The molecule has 0 spiro atoms. The summed E-state index contributed by atoms with van der Waals surface area (Å²) in [5, 5.41) is 0. The number of nitrogens with zero attached hydrogens (tertiary/aromatic N) is 1. The quantitative estimate of drug-likeness (QED) is 0.452. The van der Waals surface area contributed by atoms with Crippen LogP contribution in [0.3, 0.4) is 0 Å². The van der Waals surface area contributed by atoms with Gasteiger partial charge in [0, 0.05) is 17.1 Å². The highest BCUT2D eigenvalue weighted by molar-refractivity contribution is 9.10. The third-order valence-corrected chi connectivity index (χ3v) is 6.85. The van der Waals surface area contributed by atoms with E-state index in [2.05, 4.69) is 51.2 Å². The lowest BCUT2D eigenvalue weighted by molar-refractivity contribution is -0.124. The molecular formula is C27H29BrN2O3. The fourth-order valence-electron chi connectivity index (χ4n) is 4.83. The Bertz CT molecular complexity index is 1120. The number of amides is 1. The standard InChI is InChI=1S/C27H29BrN2O3/c1-32-24-16-20-13-14-30(26(27(29)31)19-8-4-3-5-9-19)23(22(20)17-25(24)33-2)12-11-18-7-6-10-21(28)15-18/h3-10,15-17,23,26H,11-14H2,1-2H3,(H2,29,31)/t23-,26?/m0/s1. The highest BCUT2D eigenvalue weighted by Gasteiger charge is 2.36. The van der Waals surface area contributed by atoms with Gasteiger partial charge in [-0.15, -0.1) is 0 Å². The molecule has 2 N–H and O–H groups in total. The topological polar surface area (TPSA) is 64.8 Å². The van der Waals surface area contributed by atoms with Gasteiger partial charge >= 0.3 is 0 Å². The van der Waals surface area contributed by atoms with Gasteiger partial charge in [-0.25, -0.2) is 0 Å². The average molecular weight is 509 g/mol. The van der Waals surface area contributed by atoms with Crippen molar-refractivity contribution < 1.29 is 14.3 Å². The maximum absolute atomic E-state index is 12.7. The molecule has 0 aromatic heterocycles. The van der Waals surface area contributed by atoms with E-state index in [0.717, 1.165) is 47.2 Å². The van der Waals surface area contributed by atoms with Crippen molar-refractivity contribution in [3.8, 4) is 11.5 Å². The molecule has 5 nitrogen and oxygen atoms in total. The number of aryl methyl sites for hydroxylation is 1. The van der Waals surface area contributed by atoms with Gasteiger partial charge in [-0.3, -0.25) is 9.69 Å². The molecule has 1 aliphatic rings. The smallest absolute Gasteiger partial charge is 0.239 e. The molecule has 172 valence electrons. The second-order valence-electron chi connectivity index (χ2n) is 8.29. The first kappa shape index (κ1) is 23.3. The number of methoxy groups -OCH3 is 2. The van der Waals surface area contributed by atoms with E-state index in [1.807, 2.05) is 36.4 Å². The number of hydrogen-bond donors (Lipinski definition) is 1. The minimum atomic E-state index is -0.500. The SMILES string of the molecule is COc1cc2c(cc1OC)[C@H](CCc1cccc(Br)c1)N(C(C(N)=O)c1ccccc1)CC2. The number of benzene rings is 3. The zero-order valence-corrected chi connectivity index (χ0v) is 20.5. The molecule has 3 aromatic rings. The third-order valence-electron chi connectivity index (χ3n) is 6.36. The average Bonchev–Trinajstić information content (AvgIpc) is 2.83. The van der Waals surface area contributed by atoms with Crippen molar-refractivity contribution in [3.05, 3.63) is 93.5 Å². The number of ether oxygens (including phenoxy) is 2. The Morgan fingerprint density at radius 3 is 2.45 bits per heavy atom. The van der Waals surface area contributed by atoms with Crippen LogP contribution in [0.1, 0.15) is 40.8 Å². The van der Waals surface area contributed by atoms with Crippen molar-refractivity contribution in [2.24, 2.45) is 5.73 Å². The van der Waals surface area contributed by atoms with Crippen LogP contribution in [-0.4, -0.2) is 31.6 Å². The number of halogens is 1. The van der Waals surface area contributed by atoms with Crippen LogP contribution in [0.5, 0.6) is 11.5 Å². The van der Waals surface area contributed by atoms with E-state index < -0.39 is 6.04 Å². The lowest BCUT2D eigenvalue weighted by Crippen LogP contribution is -2.44. The van der Waals surface area contributed by atoms with E-state index in [0.29, 0.717) is 5.75 Å². The zero-order valence-electron chi connectivity index (χ0n) is 19.0. The highest BCUT2D eigenvalue weighted by Crippen LogP contribution is 2.43. The van der Waals surface area contributed by atoms with Gasteiger partial charge in [0.1, 0.15) is 6.04 Å². The number of carbonyl (C=O) groups is 1. The summed E-state index contributed by atoms with van der Waals surface area (Å²) in [5.74, 6) is 1.09. The summed E-state index contributed by atoms with van der Waals surface area (Å²) < 4.78 is 12.2. The van der Waals surface area contributed by atoms with Gasteiger partial charge in [0.05, 0.1) is 14.2 Å². The number of rotatable bonds is 8. The van der Waals surface area contributed by atoms with Crippen LogP contribution in [0.15, 0.2) is 71.2 Å². The van der Waals surface area contributed by atoms with E-state index in [1.54, 1.807) is 14.2 Å². The maximum Gasteiger partial charge on any atom is 0.239 e. The molecule has 1 amide bonds. The molecule has 1 unspecified atom stereocenters. The molecule has 6 heteroatoms. The molecule has 0 saturated carbocycles. The fourth-order valence-corrected chi connectivity index (χ4v) is 5.27. The lowest BCUT2D eigenvalue weighted by atomic mass is 9.86. The summed E-state index contributed by atoms with van der Waals surface area (Å²) in [7, 11) is 3.31. The highest BCUT2D eigenvalue weighted by atomic mass is 79.9. The van der Waals surface area contributed by atoms with Gasteiger partial charge in [-0.05, 0) is 65.8 Å².